The lowest BCUT2D eigenvalue weighted by Crippen LogP contribution is -2.36. The molecule has 0 amide bonds. The predicted octanol–water partition coefficient (Wildman–Crippen LogP) is 3.19. The van der Waals surface area contributed by atoms with E-state index in [0.29, 0.717) is 5.56 Å². The van der Waals surface area contributed by atoms with Gasteiger partial charge in [0, 0.05) is 0 Å². The van der Waals surface area contributed by atoms with Crippen LogP contribution in [0.1, 0.15) is 32.8 Å². The van der Waals surface area contributed by atoms with Crippen molar-refractivity contribution in [3.63, 3.8) is 0 Å². The number of aliphatic hydroxyl groups excluding tert-OH is 1. The van der Waals surface area contributed by atoms with Crippen LogP contribution in [0.5, 0.6) is 0 Å². The Labute approximate surface area is 139 Å². The Morgan fingerprint density at radius 1 is 1.29 bits per heavy atom. The molecule has 0 saturated carbocycles. The lowest BCUT2D eigenvalue weighted by molar-refractivity contribution is -0.155. The van der Waals surface area contributed by atoms with E-state index < -0.39 is 35.6 Å². The molecule has 0 aromatic heterocycles. The van der Waals surface area contributed by atoms with E-state index in [9.17, 15) is 23.5 Å². The van der Waals surface area contributed by atoms with Gasteiger partial charge in [0.2, 0.25) is 0 Å². The highest BCUT2D eigenvalue weighted by molar-refractivity contribution is 5.77. The van der Waals surface area contributed by atoms with Gasteiger partial charge in [-0.2, -0.15) is 8.78 Å². The van der Waals surface area contributed by atoms with Gasteiger partial charge in [-0.05, 0) is 32.4 Å². The summed E-state index contributed by atoms with van der Waals surface area (Å²) < 4.78 is 33.2. The Bertz CT molecular complexity index is 639. The lowest BCUT2D eigenvalue weighted by atomic mass is 10.0. The summed E-state index contributed by atoms with van der Waals surface area (Å²) in [5.74, 6) is -3.85. The molecular formula is C18H20F2O4. The monoisotopic (exact) mass is 338 g/mol. The van der Waals surface area contributed by atoms with Gasteiger partial charge in [-0.25, -0.2) is 4.79 Å². The molecule has 0 aliphatic heterocycles. The summed E-state index contributed by atoms with van der Waals surface area (Å²) in [4.78, 5) is 22.5. The lowest BCUT2D eigenvalue weighted by Gasteiger charge is -2.23. The van der Waals surface area contributed by atoms with Gasteiger partial charge in [0.05, 0.1) is 12.0 Å². The van der Waals surface area contributed by atoms with E-state index in [1.165, 1.54) is 6.08 Å². The highest BCUT2D eigenvalue weighted by Gasteiger charge is 2.43. The molecule has 0 radical (unpaired) electrons. The third kappa shape index (κ3) is 6.07. The zero-order valence-electron chi connectivity index (χ0n) is 13.8. The molecule has 130 valence electrons. The molecular weight excluding hydrogens is 318 g/mol. The number of ether oxygens (including phenoxy) is 1. The van der Waals surface area contributed by atoms with E-state index in [1.54, 1.807) is 51.1 Å². The van der Waals surface area contributed by atoms with Gasteiger partial charge in [-0.15, -0.1) is 0 Å². The van der Waals surface area contributed by atoms with Gasteiger partial charge in [-0.3, -0.25) is 4.79 Å². The molecule has 0 bridgehead atoms. The van der Waals surface area contributed by atoms with Crippen LogP contribution in [-0.2, 0) is 14.3 Å². The number of rotatable bonds is 6. The van der Waals surface area contributed by atoms with E-state index in [2.05, 4.69) is 0 Å². The highest BCUT2D eigenvalue weighted by Crippen LogP contribution is 2.30. The number of aliphatic hydroxyl groups is 1. The highest BCUT2D eigenvalue weighted by atomic mass is 19.3. The number of benzene rings is 1. The molecule has 1 atom stereocenters. The number of halogens is 2. The zero-order chi connectivity index (χ0) is 18.4. The van der Waals surface area contributed by atoms with Crippen molar-refractivity contribution in [1.82, 2.24) is 0 Å². The van der Waals surface area contributed by atoms with Crippen LogP contribution in [-0.4, -0.2) is 34.6 Å². The molecule has 0 aliphatic carbocycles. The molecule has 4 nitrogen and oxygen atoms in total. The third-order valence-electron chi connectivity index (χ3n) is 2.91. The molecule has 0 spiro atoms. The Morgan fingerprint density at radius 3 is 2.38 bits per heavy atom. The van der Waals surface area contributed by atoms with Crippen molar-refractivity contribution in [1.29, 1.82) is 0 Å². The fourth-order valence-corrected chi connectivity index (χ4v) is 1.81. The normalized spacial score (nSPS) is 13.4. The summed E-state index contributed by atoms with van der Waals surface area (Å²) in [6.07, 6.45) is -1.04. The minimum absolute atomic E-state index is 0.608. The number of carbonyl (C=O) groups is 1. The molecule has 1 rings (SSSR count). The predicted molar refractivity (Wildman–Crippen MR) is 86.1 cm³/mol. The smallest absolute Gasteiger partial charge is 0.311 e. The molecule has 0 aliphatic rings. The average Bonchev–Trinajstić information content (AvgIpc) is 2.49. The molecule has 1 N–H and O–H groups in total. The standard InChI is InChI=1S/C18H20F2O4/c1-17(2,3)24-16(23)11-14(12-21)18(19,20)15(22)10-9-13-7-5-4-6-8-13/h4-10,15,22H,11H2,1-3H3/b10-9-. The van der Waals surface area contributed by atoms with Crippen molar-refractivity contribution in [3.05, 3.63) is 47.5 Å². The summed E-state index contributed by atoms with van der Waals surface area (Å²) in [6.45, 7) is 4.72. The van der Waals surface area contributed by atoms with Crippen molar-refractivity contribution in [2.24, 2.45) is 0 Å². The average molecular weight is 338 g/mol. The van der Waals surface area contributed by atoms with Crippen molar-refractivity contribution in [2.75, 3.05) is 0 Å². The van der Waals surface area contributed by atoms with Gasteiger partial charge in [0.1, 0.15) is 17.6 Å². The Morgan fingerprint density at radius 2 is 1.88 bits per heavy atom. The largest absolute Gasteiger partial charge is 0.460 e. The minimum Gasteiger partial charge on any atom is -0.460 e. The molecule has 0 saturated heterocycles. The van der Waals surface area contributed by atoms with Crippen LogP contribution in [0.25, 0.3) is 6.08 Å². The molecule has 1 aromatic carbocycles. The van der Waals surface area contributed by atoms with Crippen LogP contribution >= 0.6 is 0 Å². The molecule has 0 heterocycles. The Kier molecular flexibility index (Phi) is 6.58. The van der Waals surface area contributed by atoms with Crippen molar-refractivity contribution in [2.45, 2.75) is 44.8 Å². The first kappa shape index (κ1) is 19.7. The third-order valence-corrected chi connectivity index (χ3v) is 2.91. The van der Waals surface area contributed by atoms with Crippen molar-refractivity contribution in [3.8, 4) is 0 Å². The quantitative estimate of drug-likeness (QED) is 0.639. The topological polar surface area (TPSA) is 63.6 Å². The van der Waals surface area contributed by atoms with Crippen LogP contribution in [0, 0.1) is 0 Å². The number of alkyl halides is 2. The summed E-state index contributed by atoms with van der Waals surface area (Å²) in [6, 6.07) is 8.51. The number of esters is 1. The SMILES string of the molecule is CC(C)(C)OC(=O)CC(=C=O)C(F)(F)C(O)/C=C\c1ccccc1. The van der Waals surface area contributed by atoms with Crippen LogP contribution in [0.15, 0.2) is 42.0 Å². The molecule has 1 aromatic rings. The maximum absolute atomic E-state index is 14.2. The zero-order valence-corrected chi connectivity index (χ0v) is 13.8. The van der Waals surface area contributed by atoms with E-state index in [1.807, 2.05) is 0 Å². The Hall–Kier alpha value is -2.30. The molecule has 6 heteroatoms. The molecule has 24 heavy (non-hydrogen) atoms. The first-order valence-electron chi connectivity index (χ1n) is 7.31. The van der Waals surface area contributed by atoms with Gasteiger partial charge in [0.15, 0.2) is 0 Å². The second-order valence-electron chi connectivity index (χ2n) is 6.18. The fourth-order valence-electron chi connectivity index (χ4n) is 1.81. The van der Waals surface area contributed by atoms with Gasteiger partial charge in [0.25, 0.3) is 0 Å². The summed E-state index contributed by atoms with van der Waals surface area (Å²) >= 11 is 0. The number of hydrogen-bond donors (Lipinski definition) is 1. The number of carbonyl (C=O) groups excluding carboxylic acids is 2. The second kappa shape index (κ2) is 7.99. The van der Waals surface area contributed by atoms with Crippen molar-refractivity contribution >= 4 is 18.0 Å². The van der Waals surface area contributed by atoms with Gasteiger partial charge in [-0.1, -0.05) is 36.4 Å². The van der Waals surface area contributed by atoms with E-state index >= 15 is 0 Å². The first-order chi connectivity index (χ1) is 11.1. The van der Waals surface area contributed by atoms with Crippen LogP contribution in [0.3, 0.4) is 0 Å². The molecule has 0 fully saturated rings. The van der Waals surface area contributed by atoms with E-state index in [4.69, 9.17) is 4.74 Å². The maximum Gasteiger partial charge on any atom is 0.311 e. The van der Waals surface area contributed by atoms with Crippen LogP contribution < -0.4 is 0 Å². The van der Waals surface area contributed by atoms with E-state index in [0.717, 1.165) is 12.0 Å². The Balaban J connectivity index is 2.85. The van der Waals surface area contributed by atoms with Crippen molar-refractivity contribution < 1.29 is 28.2 Å². The van der Waals surface area contributed by atoms with E-state index in [-0.39, 0.29) is 0 Å². The summed E-state index contributed by atoms with van der Waals surface area (Å²) in [7, 11) is 0. The van der Waals surface area contributed by atoms with Gasteiger partial charge >= 0.3 is 11.9 Å². The first-order valence-corrected chi connectivity index (χ1v) is 7.31. The van der Waals surface area contributed by atoms with Gasteiger partial charge < -0.3 is 9.84 Å². The minimum atomic E-state index is -3.93. The van der Waals surface area contributed by atoms with Crippen LogP contribution in [0.2, 0.25) is 0 Å². The second-order valence-corrected chi connectivity index (χ2v) is 6.18. The fraction of sp³-hybridized carbons (Fsp3) is 0.389. The molecule has 1 unspecified atom stereocenters. The number of hydrogen-bond acceptors (Lipinski definition) is 4. The maximum atomic E-state index is 14.2. The van der Waals surface area contributed by atoms with Crippen LogP contribution in [0.4, 0.5) is 8.78 Å². The summed E-state index contributed by atoms with van der Waals surface area (Å²) in [5.41, 5.74) is -1.41. The summed E-state index contributed by atoms with van der Waals surface area (Å²) in [5, 5.41) is 9.70.